The van der Waals surface area contributed by atoms with E-state index < -0.39 is 6.04 Å². The molecule has 10 heavy (non-hydrogen) atoms. The zero-order valence-electron chi connectivity index (χ0n) is 5.54. The zero-order valence-corrected chi connectivity index (χ0v) is 5.54. The lowest BCUT2D eigenvalue weighted by Crippen LogP contribution is -2.32. The number of hydrazine groups is 1. The first kappa shape index (κ1) is 9.06. The number of aldehydes is 1. The lowest BCUT2D eigenvalue weighted by Gasteiger charge is -2.00. The molecule has 0 saturated carbocycles. The number of nitrogens with two attached hydrogens (primary N) is 2. The van der Waals surface area contributed by atoms with Gasteiger partial charge in [0.2, 0.25) is 5.91 Å². The Morgan fingerprint density at radius 1 is 1.70 bits per heavy atom. The van der Waals surface area contributed by atoms with Gasteiger partial charge in [-0.2, -0.15) is 0 Å². The predicted molar refractivity (Wildman–Crippen MR) is 35.6 cm³/mol. The summed E-state index contributed by atoms with van der Waals surface area (Å²) in [5.74, 6) is 4.46. The third-order valence-electron chi connectivity index (χ3n) is 1.04. The van der Waals surface area contributed by atoms with Gasteiger partial charge in [0.25, 0.3) is 0 Å². The fourth-order valence-electron chi connectivity index (χ4n) is 0.438. The Balaban J connectivity index is 3.34. The first-order valence-corrected chi connectivity index (χ1v) is 2.91. The highest BCUT2D eigenvalue weighted by atomic mass is 16.2. The number of hydrogen-bond acceptors (Lipinski definition) is 4. The molecule has 0 unspecified atom stereocenters. The van der Waals surface area contributed by atoms with Crippen LogP contribution in [-0.4, -0.2) is 18.2 Å². The summed E-state index contributed by atoms with van der Waals surface area (Å²) in [6.45, 7) is 0. The molecule has 0 bridgehead atoms. The molecule has 0 fully saturated rings. The van der Waals surface area contributed by atoms with Crippen LogP contribution in [0.5, 0.6) is 0 Å². The molecule has 0 spiro atoms. The minimum absolute atomic E-state index is 0.191. The fourth-order valence-corrected chi connectivity index (χ4v) is 0.438. The van der Waals surface area contributed by atoms with Crippen LogP contribution in [-0.2, 0) is 9.59 Å². The van der Waals surface area contributed by atoms with E-state index in [9.17, 15) is 9.59 Å². The van der Waals surface area contributed by atoms with E-state index in [1.165, 1.54) is 0 Å². The van der Waals surface area contributed by atoms with Crippen molar-refractivity contribution in [1.82, 2.24) is 5.43 Å². The third-order valence-corrected chi connectivity index (χ3v) is 1.04. The maximum atomic E-state index is 10.4. The maximum Gasteiger partial charge on any atom is 0.233 e. The van der Waals surface area contributed by atoms with Gasteiger partial charge in [-0.25, -0.2) is 5.84 Å². The molecular formula is C5H11N3O2. The van der Waals surface area contributed by atoms with Crippen molar-refractivity contribution in [2.75, 3.05) is 0 Å². The van der Waals surface area contributed by atoms with Crippen LogP contribution in [0.3, 0.4) is 0 Å². The van der Waals surface area contributed by atoms with Crippen LogP contribution in [0.1, 0.15) is 12.8 Å². The van der Waals surface area contributed by atoms with E-state index in [1.807, 2.05) is 5.43 Å². The van der Waals surface area contributed by atoms with Crippen LogP contribution in [0.4, 0.5) is 0 Å². The molecule has 0 radical (unpaired) electrons. The summed E-state index contributed by atoms with van der Waals surface area (Å²) in [5, 5.41) is 0. The molecule has 1 atom stereocenters. The molecule has 1 amide bonds. The van der Waals surface area contributed by atoms with Crippen LogP contribution in [0.25, 0.3) is 0 Å². The van der Waals surface area contributed by atoms with Gasteiger partial charge in [-0.1, -0.05) is 0 Å². The lowest BCUT2D eigenvalue weighted by atomic mass is 10.2. The van der Waals surface area contributed by atoms with Crippen molar-refractivity contribution in [1.29, 1.82) is 0 Å². The van der Waals surface area contributed by atoms with E-state index >= 15 is 0 Å². The highest BCUT2D eigenvalue weighted by Gasteiger charge is 2.03. The molecule has 0 aromatic carbocycles. The van der Waals surface area contributed by atoms with Crippen LogP contribution in [0.15, 0.2) is 0 Å². The minimum atomic E-state index is -0.558. The molecule has 0 heterocycles. The zero-order chi connectivity index (χ0) is 7.98. The van der Waals surface area contributed by atoms with Crippen LogP contribution in [0.2, 0.25) is 0 Å². The summed E-state index contributed by atoms with van der Waals surface area (Å²) in [7, 11) is 0. The molecule has 0 aromatic rings. The molecular weight excluding hydrogens is 134 g/mol. The second kappa shape index (κ2) is 4.89. The maximum absolute atomic E-state index is 10.4. The number of hydrogen-bond donors (Lipinski definition) is 3. The van der Waals surface area contributed by atoms with E-state index in [4.69, 9.17) is 11.6 Å². The Hall–Kier alpha value is -0.940. The topological polar surface area (TPSA) is 98.2 Å². The van der Waals surface area contributed by atoms with Crippen molar-refractivity contribution >= 4 is 12.2 Å². The van der Waals surface area contributed by atoms with E-state index in [0.29, 0.717) is 12.7 Å². The number of nitrogens with one attached hydrogen (secondary N) is 1. The van der Waals surface area contributed by atoms with Crippen LogP contribution in [0, 0.1) is 0 Å². The van der Waals surface area contributed by atoms with Crippen molar-refractivity contribution in [3.63, 3.8) is 0 Å². The normalized spacial score (nSPS) is 12.2. The van der Waals surface area contributed by atoms with Crippen LogP contribution < -0.4 is 17.0 Å². The highest BCUT2D eigenvalue weighted by molar-refractivity contribution is 5.75. The average molecular weight is 145 g/mol. The molecule has 58 valence electrons. The molecule has 0 aromatic heterocycles. The summed E-state index contributed by atoms with van der Waals surface area (Å²) < 4.78 is 0. The number of carbonyl (C=O) groups is 2. The van der Waals surface area contributed by atoms with Crippen molar-refractivity contribution in [3.8, 4) is 0 Å². The number of amides is 1. The number of rotatable bonds is 4. The van der Waals surface area contributed by atoms with Crippen molar-refractivity contribution in [2.45, 2.75) is 18.9 Å². The smallest absolute Gasteiger partial charge is 0.233 e. The van der Waals surface area contributed by atoms with Crippen LogP contribution >= 0.6 is 0 Å². The molecule has 5 heteroatoms. The van der Waals surface area contributed by atoms with Crippen molar-refractivity contribution < 1.29 is 9.59 Å². The highest BCUT2D eigenvalue weighted by Crippen LogP contribution is 1.89. The molecule has 0 aliphatic heterocycles. The third kappa shape index (κ3) is 3.99. The summed E-state index contributed by atoms with van der Waals surface area (Å²) in [6, 6.07) is -0.558. The first-order valence-electron chi connectivity index (χ1n) is 2.91. The largest absolute Gasteiger partial charge is 0.322 e. The molecule has 0 rings (SSSR count). The lowest BCUT2D eigenvalue weighted by molar-refractivity contribution is -0.121. The second-order valence-corrected chi connectivity index (χ2v) is 1.91. The first-order chi connectivity index (χ1) is 4.70. The Bertz CT molecular complexity index is 126. The van der Waals surface area contributed by atoms with Gasteiger partial charge >= 0.3 is 0 Å². The van der Waals surface area contributed by atoms with Gasteiger partial charge < -0.3 is 10.5 Å². The molecule has 5 nitrogen and oxygen atoms in total. The molecule has 0 saturated heterocycles. The molecule has 5 N–H and O–H groups in total. The summed E-state index contributed by atoms with van der Waals surface area (Å²) in [5.41, 5.74) is 7.12. The Kier molecular flexibility index (Phi) is 4.43. The van der Waals surface area contributed by atoms with Gasteiger partial charge in [0.05, 0.1) is 6.04 Å². The Morgan fingerprint density at radius 3 is 2.70 bits per heavy atom. The standard InChI is InChI=1S/C5H11N3O2/c6-4(3-9)1-2-5(10)8-7/h3-4H,1-2,6-7H2,(H,8,10)/t4-/m0/s1. The monoisotopic (exact) mass is 145 g/mol. The molecule has 0 aliphatic rings. The second-order valence-electron chi connectivity index (χ2n) is 1.91. The summed E-state index contributed by atoms with van der Waals surface area (Å²) >= 11 is 0. The van der Waals surface area contributed by atoms with Crippen molar-refractivity contribution in [3.05, 3.63) is 0 Å². The van der Waals surface area contributed by atoms with E-state index in [0.717, 1.165) is 0 Å². The van der Waals surface area contributed by atoms with Gasteiger partial charge in [-0.3, -0.25) is 10.2 Å². The Labute approximate surface area is 58.7 Å². The molecule has 0 aliphatic carbocycles. The van der Waals surface area contributed by atoms with E-state index in [-0.39, 0.29) is 12.3 Å². The van der Waals surface area contributed by atoms with Gasteiger partial charge in [-0.15, -0.1) is 0 Å². The minimum Gasteiger partial charge on any atom is -0.322 e. The summed E-state index contributed by atoms with van der Waals surface area (Å²) in [6.07, 6.45) is 1.13. The summed E-state index contributed by atoms with van der Waals surface area (Å²) in [4.78, 5) is 20.3. The van der Waals surface area contributed by atoms with Gasteiger partial charge in [0.15, 0.2) is 0 Å². The Morgan fingerprint density at radius 2 is 2.30 bits per heavy atom. The van der Waals surface area contributed by atoms with Gasteiger partial charge in [0.1, 0.15) is 6.29 Å². The number of carbonyl (C=O) groups excluding carboxylic acids is 2. The van der Waals surface area contributed by atoms with E-state index in [1.54, 1.807) is 0 Å². The average Bonchev–Trinajstić information content (AvgIpc) is 1.99. The van der Waals surface area contributed by atoms with Gasteiger partial charge in [-0.05, 0) is 6.42 Å². The van der Waals surface area contributed by atoms with Crippen molar-refractivity contribution in [2.24, 2.45) is 11.6 Å². The predicted octanol–water partition coefficient (Wildman–Crippen LogP) is -1.72. The SMILES string of the molecule is NNC(=O)CC[C@H](N)C=O. The van der Waals surface area contributed by atoms with E-state index in [2.05, 4.69) is 0 Å². The fraction of sp³-hybridized carbons (Fsp3) is 0.600. The van der Waals surface area contributed by atoms with Gasteiger partial charge in [0, 0.05) is 6.42 Å². The quantitative estimate of drug-likeness (QED) is 0.190.